The highest BCUT2D eigenvalue weighted by Gasteiger charge is 2.34. The summed E-state index contributed by atoms with van der Waals surface area (Å²) < 4.78 is 5.20. The third kappa shape index (κ3) is 3.85. The number of aromatic nitrogens is 1. The van der Waals surface area contributed by atoms with Crippen LogP contribution in [0.2, 0.25) is 0 Å². The molecule has 0 atom stereocenters. The van der Waals surface area contributed by atoms with Crippen molar-refractivity contribution in [1.82, 2.24) is 4.98 Å². The number of nitrogens with zero attached hydrogens (tertiary/aromatic N) is 2. The van der Waals surface area contributed by atoms with E-state index in [-0.39, 0.29) is 5.78 Å². The molecule has 5 heteroatoms. The van der Waals surface area contributed by atoms with Crippen LogP contribution in [0.25, 0.3) is 5.57 Å². The van der Waals surface area contributed by atoms with E-state index in [1.165, 1.54) is 7.11 Å². The lowest BCUT2D eigenvalue weighted by Crippen LogP contribution is -2.31. The Kier molecular flexibility index (Phi) is 5.73. The van der Waals surface area contributed by atoms with Crippen LogP contribution in [0, 0.1) is 6.92 Å². The van der Waals surface area contributed by atoms with Crippen LogP contribution in [-0.2, 0) is 16.0 Å². The first-order valence-corrected chi connectivity index (χ1v) is 10.3. The number of ketones is 1. The van der Waals surface area contributed by atoms with E-state index in [1.54, 1.807) is 19.1 Å². The van der Waals surface area contributed by atoms with Crippen LogP contribution in [-0.4, -0.2) is 23.8 Å². The van der Waals surface area contributed by atoms with Gasteiger partial charge >= 0.3 is 5.97 Å². The monoisotopic (exact) mass is 424 g/mol. The molecule has 1 aliphatic rings. The average molecular weight is 425 g/mol. The van der Waals surface area contributed by atoms with Gasteiger partial charge in [0.25, 0.3) is 0 Å². The molecule has 0 N–H and O–H groups in total. The lowest BCUT2D eigenvalue weighted by Gasteiger charge is -2.34. The molecule has 0 fully saturated rings. The first-order valence-electron chi connectivity index (χ1n) is 10.3. The third-order valence-electron chi connectivity index (χ3n) is 5.56. The van der Waals surface area contributed by atoms with Crippen molar-refractivity contribution >= 4 is 28.8 Å². The number of rotatable bonds is 5. The fraction of sp³-hybridized carbons (Fsp3) is 0.148. The molecule has 0 aliphatic carbocycles. The Morgan fingerprint density at radius 1 is 1.00 bits per heavy atom. The van der Waals surface area contributed by atoms with Gasteiger partial charge in [-0.1, -0.05) is 49.0 Å². The number of aryl methyl sites for hydroxylation is 1. The van der Waals surface area contributed by atoms with Crippen LogP contribution >= 0.6 is 0 Å². The second kappa shape index (κ2) is 8.63. The van der Waals surface area contributed by atoms with Crippen molar-refractivity contribution in [1.29, 1.82) is 0 Å². The highest BCUT2D eigenvalue weighted by atomic mass is 16.5. The normalized spacial score (nSPS) is 13.1. The molecule has 160 valence electrons. The number of carbonyl (C=O) groups excluding carboxylic acids is 2. The van der Waals surface area contributed by atoms with Crippen LogP contribution in [0.15, 0.2) is 84.6 Å². The lowest BCUT2D eigenvalue weighted by atomic mass is 9.88. The average Bonchev–Trinajstić information content (AvgIpc) is 2.80. The predicted molar refractivity (Wildman–Crippen MR) is 126 cm³/mol. The number of hydrogen-bond acceptors (Lipinski definition) is 5. The number of pyridine rings is 1. The maximum absolute atomic E-state index is 13.1. The van der Waals surface area contributed by atoms with Gasteiger partial charge in [0.2, 0.25) is 0 Å². The minimum absolute atomic E-state index is 0.0127. The van der Waals surface area contributed by atoms with Gasteiger partial charge in [-0.15, -0.1) is 0 Å². The topological polar surface area (TPSA) is 59.5 Å². The summed E-state index contributed by atoms with van der Waals surface area (Å²) in [6, 6.07) is 21.0. The SMILES string of the molecule is C=C1C(Cc2ccc(C(C)=O)cc2)=C(C(=O)OC)N(c2ccccc2)c2nc(C)ccc21. The van der Waals surface area contributed by atoms with Gasteiger partial charge in [0.15, 0.2) is 5.78 Å². The summed E-state index contributed by atoms with van der Waals surface area (Å²) in [5, 5.41) is 0. The maximum atomic E-state index is 13.1. The van der Waals surface area contributed by atoms with Crippen molar-refractivity contribution < 1.29 is 14.3 Å². The van der Waals surface area contributed by atoms with E-state index >= 15 is 0 Å². The van der Waals surface area contributed by atoms with Gasteiger partial charge in [-0.25, -0.2) is 9.78 Å². The first-order chi connectivity index (χ1) is 15.4. The van der Waals surface area contributed by atoms with Crippen molar-refractivity contribution in [3.8, 4) is 0 Å². The lowest BCUT2D eigenvalue weighted by molar-refractivity contribution is -0.136. The molecule has 0 saturated carbocycles. The number of hydrogen-bond donors (Lipinski definition) is 0. The number of methoxy groups -OCH3 is 1. The van der Waals surface area contributed by atoms with E-state index in [1.807, 2.05) is 66.4 Å². The van der Waals surface area contributed by atoms with Crippen molar-refractivity contribution in [2.24, 2.45) is 0 Å². The molecule has 0 bridgehead atoms. The van der Waals surface area contributed by atoms with E-state index in [4.69, 9.17) is 9.72 Å². The smallest absolute Gasteiger partial charge is 0.355 e. The molecule has 0 amide bonds. The van der Waals surface area contributed by atoms with Crippen LogP contribution < -0.4 is 4.90 Å². The van der Waals surface area contributed by atoms with Gasteiger partial charge < -0.3 is 4.74 Å². The van der Waals surface area contributed by atoms with Gasteiger partial charge in [-0.2, -0.15) is 0 Å². The van der Waals surface area contributed by atoms with Gasteiger partial charge in [0, 0.05) is 28.9 Å². The number of esters is 1. The molecule has 2 aromatic carbocycles. The quantitative estimate of drug-likeness (QED) is 0.404. The Balaban J connectivity index is 1.92. The highest BCUT2D eigenvalue weighted by molar-refractivity contribution is 6.05. The van der Waals surface area contributed by atoms with Crippen LogP contribution in [0.1, 0.15) is 34.1 Å². The molecule has 0 saturated heterocycles. The Morgan fingerprint density at radius 3 is 2.31 bits per heavy atom. The van der Waals surface area contributed by atoms with Gasteiger partial charge in [-0.05, 0) is 54.8 Å². The number of fused-ring (bicyclic) bond motifs is 1. The zero-order valence-electron chi connectivity index (χ0n) is 18.4. The van der Waals surface area contributed by atoms with Crippen LogP contribution in [0.5, 0.6) is 0 Å². The van der Waals surface area contributed by atoms with E-state index in [0.717, 1.165) is 33.7 Å². The summed E-state index contributed by atoms with van der Waals surface area (Å²) in [5.74, 6) is 0.204. The number of benzene rings is 2. The summed E-state index contributed by atoms with van der Waals surface area (Å²) >= 11 is 0. The Morgan fingerprint density at radius 2 is 1.69 bits per heavy atom. The summed E-state index contributed by atoms with van der Waals surface area (Å²) in [6.07, 6.45) is 0.456. The minimum atomic E-state index is -0.459. The predicted octanol–water partition coefficient (Wildman–Crippen LogP) is 5.43. The zero-order chi connectivity index (χ0) is 22.8. The van der Waals surface area contributed by atoms with Crippen molar-refractivity contribution in [2.75, 3.05) is 12.0 Å². The summed E-state index contributed by atoms with van der Waals surface area (Å²) in [4.78, 5) is 31.3. The molecule has 2 heterocycles. The van der Waals surface area contributed by atoms with Gasteiger partial charge in [-0.3, -0.25) is 9.69 Å². The standard InChI is InChI=1S/C27H24N2O3/c1-17-10-15-23-18(2)24(16-20-11-13-21(14-12-20)19(3)30)25(27(31)32-4)29(26(23)28-17)22-8-6-5-7-9-22/h5-15H,2,16H2,1,3-4H3. The third-order valence-corrected chi connectivity index (χ3v) is 5.56. The summed E-state index contributed by atoms with van der Waals surface area (Å²) in [5.41, 5.74) is 6.00. The van der Waals surface area contributed by atoms with E-state index < -0.39 is 5.97 Å². The minimum Gasteiger partial charge on any atom is -0.464 e. The van der Waals surface area contributed by atoms with Crippen LogP contribution in [0.3, 0.4) is 0 Å². The molecule has 5 nitrogen and oxygen atoms in total. The zero-order valence-corrected chi connectivity index (χ0v) is 18.4. The number of para-hydroxylation sites is 1. The molecule has 1 aromatic heterocycles. The molecule has 1 aliphatic heterocycles. The van der Waals surface area contributed by atoms with E-state index in [0.29, 0.717) is 23.5 Å². The van der Waals surface area contributed by atoms with Gasteiger partial charge in [0.1, 0.15) is 11.5 Å². The number of anilines is 2. The summed E-state index contributed by atoms with van der Waals surface area (Å²) in [7, 11) is 1.37. The summed E-state index contributed by atoms with van der Waals surface area (Å²) in [6.45, 7) is 7.77. The second-order valence-electron chi connectivity index (χ2n) is 7.72. The fourth-order valence-electron chi connectivity index (χ4n) is 3.89. The Labute approximate surface area is 187 Å². The molecule has 3 aromatic rings. The Hall–Kier alpha value is -3.99. The number of ether oxygens (including phenoxy) is 1. The first kappa shape index (κ1) is 21.2. The Bertz CT molecular complexity index is 1240. The molecule has 0 radical (unpaired) electrons. The number of allylic oxidation sites excluding steroid dienone is 2. The fourth-order valence-corrected chi connectivity index (χ4v) is 3.89. The van der Waals surface area contributed by atoms with Crippen LogP contribution in [0.4, 0.5) is 11.5 Å². The van der Waals surface area contributed by atoms with Crippen molar-refractivity contribution in [3.05, 3.63) is 107 Å². The van der Waals surface area contributed by atoms with Crippen molar-refractivity contribution in [2.45, 2.75) is 20.3 Å². The molecule has 0 unspecified atom stereocenters. The molecule has 32 heavy (non-hydrogen) atoms. The molecular weight excluding hydrogens is 400 g/mol. The number of Topliss-reactive ketones (excluding diaryl/α,β-unsaturated/α-hetero) is 1. The molecular formula is C27H24N2O3. The van der Waals surface area contributed by atoms with Gasteiger partial charge in [0.05, 0.1) is 7.11 Å². The van der Waals surface area contributed by atoms with Crippen molar-refractivity contribution in [3.63, 3.8) is 0 Å². The van der Waals surface area contributed by atoms with E-state index in [2.05, 4.69) is 6.58 Å². The molecule has 4 rings (SSSR count). The van der Waals surface area contributed by atoms with E-state index in [9.17, 15) is 9.59 Å². The molecule has 0 spiro atoms. The highest BCUT2D eigenvalue weighted by Crippen LogP contribution is 2.44. The maximum Gasteiger partial charge on any atom is 0.355 e. The largest absolute Gasteiger partial charge is 0.464 e. The second-order valence-corrected chi connectivity index (χ2v) is 7.72. The number of carbonyl (C=O) groups is 2.